The molecule has 2 aromatic rings. The van der Waals surface area contributed by atoms with Gasteiger partial charge in [-0.2, -0.15) is 0 Å². The van der Waals surface area contributed by atoms with E-state index >= 15 is 0 Å². The Kier molecular flexibility index (Phi) is 5.52. The fourth-order valence-corrected chi connectivity index (χ4v) is 1.77. The normalized spacial score (nSPS) is 10.8. The summed E-state index contributed by atoms with van der Waals surface area (Å²) in [5.74, 6) is 0.530. The average molecular weight is 277 g/mol. The van der Waals surface area contributed by atoms with Gasteiger partial charge in [0, 0.05) is 26.0 Å². The first kappa shape index (κ1) is 14.5. The Bertz CT molecular complexity index is 548. The number of ether oxygens (including phenoxy) is 3. The smallest absolute Gasteiger partial charge is 0.224 e. The minimum absolute atomic E-state index is 0.438. The van der Waals surface area contributed by atoms with E-state index in [-0.39, 0.29) is 0 Å². The van der Waals surface area contributed by atoms with E-state index in [9.17, 15) is 0 Å². The van der Waals surface area contributed by atoms with Crippen LogP contribution in [0.4, 0.5) is 5.69 Å². The van der Waals surface area contributed by atoms with E-state index < -0.39 is 0 Å². The van der Waals surface area contributed by atoms with Gasteiger partial charge in [-0.3, -0.25) is 0 Å². The van der Waals surface area contributed by atoms with Crippen LogP contribution < -0.4 is 10.5 Å². The Morgan fingerprint density at radius 2 is 2.00 bits per heavy atom. The van der Waals surface area contributed by atoms with E-state index in [0.29, 0.717) is 38.0 Å². The molecular weight excluding hydrogens is 258 g/mol. The fourth-order valence-electron chi connectivity index (χ4n) is 1.77. The van der Waals surface area contributed by atoms with E-state index in [4.69, 9.17) is 19.9 Å². The second-order valence-electron chi connectivity index (χ2n) is 4.26. The van der Waals surface area contributed by atoms with Crippen molar-refractivity contribution < 1.29 is 14.2 Å². The van der Waals surface area contributed by atoms with Crippen molar-refractivity contribution in [1.29, 1.82) is 0 Å². The highest BCUT2D eigenvalue weighted by atomic mass is 16.5. The maximum absolute atomic E-state index is 5.77. The Morgan fingerprint density at radius 3 is 2.85 bits per heavy atom. The summed E-state index contributed by atoms with van der Waals surface area (Å²) in [4.78, 5) is 8.30. The fraction of sp³-hybridized carbons (Fsp3) is 0.429. The Labute approximate surface area is 117 Å². The molecule has 0 unspecified atom stereocenters. The third kappa shape index (κ3) is 4.04. The quantitative estimate of drug-likeness (QED) is 0.583. The maximum atomic E-state index is 5.77. The van der Waals surface area contributed by atoms with Gasteiger partial charge in [0.1, 0.15) is 12.9 Å². The summed E-state index contributed by atoms with van der Waals surface area (Å²) >= 11 is 0. The summed E-state index contributed by atoms with van der Waals surface area (Å²) in [5.41, 5.74) is 7.24. The topological polar surface area (TPSA) is 79.5 Å². The second kappa shape index (κ2) is 7.62. The van der Waals surface area contributed by atoms with Crippen LogP contribution in [0, 0.1) is 0 Å². The highest BCUT2D eigenvalue weighted by molar-refractivity contribution is 5.86. The van der Waals surface area contributed by atoms with Gasteiger partial charge in [-0.25, -0.2) is 9.97 Å². The van der Waals surface area contributed by atoms with Gasteiger partial charge in [-0.15, -0.1) is 0 Å². The third-order valence-electron chi connectivity index (χ3n) is 2.73. The summed E-state index contributed by atoms with van der Waals surface area (Å²) in [6, 6.07) is 5.46. The van der Waals surface area contributed by atoms with Crippen LogP contribution in [-0.4, -0.2) is 43.5 Å². The predicted octanol–water partition coefficient (Wildman–Crippen LogP) is 1.64. The average Bonchev–Trinajstić information content (AvgIpc) is 2.46. The number of anilines is 1. The Hall–Kier alpha value is -1.92. The van der Waals surface area contributed by atoms with Crippen molar-refractivity contribution in [2.24, 2.45) is 0 Å². The lowest BCUT2D eigenvalue weighted by molar-refractivity contribution is 0.0799. The second-order valence-corrected chi connectivity index (χ2v) is 4.26. The highest BCUT2D eigenvalue weighted by Crippen LogP contribution is 2.23. The van der Waals surface area contributed by atoms with Gasteiger partial charge in [0.2, 0.25) is 5.88 Å². The largest absolute Gasteiger partial charge is 0.475 e. The van der Waals surface area contributed by atoms with Crippen molar-refractivity contribution in [1.82, 2.24) is 9.97 Å². The molecule has 0 aliphatic rings. The lowest BCUT2D eigenvalue weighted by Crippen LogP contribution is -2.09. The molecule has 6 nitrogen and oxygen atoms in total. The minimum Gasteiger partial charge on any atom is -0.475 e. The number of nitrogen functional groups attached to an aromatic ring is 1. The van der Waals surface area contributed by atoms with Gasteiger partial charge in [-0.1, -0.05) is 0 Å². The van der Waals surface area contributed by atoms with Gasteiger partial charge < -0.3 is 19.9 Å². The molecule has 108 valence electrons. The van der Waals surface area contributed by atoms with Crippen LogP contribution in [0.1, 0.15) is 6.42 Å². The van der Waals surface area contributed by atoms with E-state index in [1.54, 1.807) is 13.2 Å². The first-order chi connectivity index (χ1) is 9.81. The molecule has 0 aliphatic heterocycles. The molecule has 2 rings (SSSR count). The monoisotopic (exact) mass is 277 g/mol. The van der Waals surface area contributed by atoms with Crippen LogP contribution in [-0.2, 0) is 9.47 Å². The van der Waals surface area contributed by atoms with E-state index in [1.165, 1.54) is 6.33 Å². The number of hydrogen-bond acceptors (Lipinski definition) is 6. The molecule has 0 fully saturated rings. The molecular formula is C14H19N3O3. The molecule has 0 aliphatic carbocycles. The van der Waals surface area contributed by atoms with Crippen molar-refractivity contribution in [2.75, 3.05) is 39.3 Å². The minimum atomic E-state index is 0.438. The zero-order chi connectivity index (χ0) is 14.2. The molecule has 0 saturated carbocycles. The van der Waals surface area contributed by atoms with Gasteiger partial charge in [0.25, 0.3) is 0 Å². The molecule has 0 amide bonds. The van der Waals surface area contributed by atoms with Crippen molar-refractivity contribution in [2.45, 2.75) is 6.42 Å². The first-order valence-corrected chi connectivity index (χ1v) is 6.51. The number of benzene rings is 1. The number of methoxy groups -OCH3 is 1. The van der Waals surface area contributed by atoms with Crippen molar-refractivity contribution in [3.63, 3.8) is 0 Å². The first-order valence-electron chi connectivity index (χ1n) is 6.51. The molecule has 0 radical (unpaired) electrons. The maximum Gasteiger partial charge on any atom is 0.224 e. The zero-order valence-electron chi connectivity index (χ0n) is 11.5. The SMILES string of the molecule is COCCCOCCOc1ncnc2ccc(N)cc12. The molecule has 6 heteroatoms. The predicted molar refractivity (Wildman–Crippen MR) is 76.8 cm³/mol. The summed E-state index contributed by atoms with van der Waals surface area (Å²) in [7, 11) is 1.68. The van der Waals surface area contributed by atoms with Crippen LogP contribution in [0.5, 0.6) is 5.88 Å². The van der Waals surface area contributed by atoms with Crippen LogP contribution in [0.25, 0.3) is 10.9 Å². The number of rotatable bonds is 8. The zero-order valence-corrected chi connectivity index (χ0v) is 11.5. The standard InChI is InChI=1S/C14H19N3O3/c1-18-5-2-6-19-7-8-20-14-12-9-11(15)3-4-13(12)16-10-17-14/h3-4,9-10H,2,5-8,15H2,1H3. The Balaban J connectivity index is 1.85. The lowest BCUT2D eigenvalue weighted by atomic mass is 10.2. The van der Waals surface area contributed by atoms with Gasteiger partial charge in [0.15, 0.2) is 0 Å². The number of fused-ring (bicyclic) bond motifs is 1. The van der Waals surface area contributed by atoms with Crippen molar-refractivity contribution in [3.05, 3.63) is 24.5 Å². The third-order valence-corrected chi connectivity index (χ3v) is 2.73. The van der Waals surface area contributed by atoms with Crippen molar-refractivity contribution >= 4 is 16.6 Å². The summed E-state index contributed by atoms with van der Waals surface area (Å²) < 4.78 is 16.0. The molecule has 1 aromatic carbocycles. The summed E-state index contributed by atoms with van der Waals surface area (Å²) in [5, 5.41) is 0.812. The lowest BCUT2D eigenvalue weighted by Gasteiger charge is -2.08. The number of aromatic nitrogens is 2. The molecule has 0 saturated heterocycles. The van der Waals surface area contributed by atoms with E-state index in [1.807, 2.05) is 12.1 Å². The van der Waals surface area contributed by atoms with Crippen LogP contribution in [0.3, 0.4) is 0 Å². The molecule has 0 spiro atoms. The molecule has 0 atom stereocenters. The van der Waals surface area contributed by atoms with Crippen LogP contribution in [0.15, 0.2) is 24.5 Å². The van der Waals surface area contributed by atoms with E-state index in [0.717, 1.165) is 17.3 Å². The molecule has 1 aromatic heterocycles. The van der Waals surface area contributed by atoms with Crippen molar-refractivity contribution in [3.8, 4) is 5.88 Å². The molecule has 2 N–H and O–H groups in total. The molecule has 0 bridgehead atoms. The summed E-state index contributed by atoms with van der Waals surface area (Å²) in [6.07, 6.45) is 2.36. The van der Waals surface area contributed by atoms with E-state index in [2.05, 4.69) is 9.97 Å². The van der Waals surface area contributed by atoms with Crippen LogP contribution in [0.2, 0.25) is 0 Å². The van der Waals surface area contributed by atoms with Gasteiger partial charge in [0.05, 0.1) is 17.5 Å². The number of nitrogens with zero attached hydrogens (tertiary/aromatic N) is 2. The number of hydrogen-bond donors (Lipinski definition) is 1. The summed E-state index contributed by atoms with van der Waals surface area (Å²) in [6.45, 7) is 2.32. The molecule has 20 heavy (non-hydrogen) atoms. The van der Waals surface area contributed by atoms with Crippen LogP contribution >= 0.6 is 0 Å². The Morgan fingerprint density at radius 1 is 1.10 bits per heavy atom. The van der Waals surface area contributed by atoms with Gasteiger partial charge >= 0.3 is 0 Å². The van der Waals surface area contributed by atoms with Gasteiger partial charge in [-0.05, 0) is 24.6 Å². The molecule has 1 heterocycles. The highest BCUT2D eigenvalue weighted by Gasteiger charge is 2.05. The number of nitrogens with two attached hydrogens (primary N) is 1.